The average molecular weight is 183 g/mol. The fraction of sp³-hybridized carbons (Fsp3) is 0.200. The molecule has 0 saturated heterocycles. The molecule has 64 valence electrons. The number of benzene rings is 1. The van der Waals surface area contributed by atoms with Gasteiger partial charge in [-0.25, -0.2) is 0 Å². The van der Waals surface area contributed by atoms with Gasteiger partial charge in [0.2, 0.25) is 0 Å². The Hall–Kier alpha value is -0.790. The second-order valence-electron chi connectivity index (χ2n) is 2.86. The second kappa shape index (κ2) is 3.30. The maximum atomic E-state index is 9.72. The van der Waals surface area contributed by atoms with Gasteiger partial charge in [0.15, 0.2) is 0 Å². The molecule has 0 aromatic heterocycles. The summed E-state index contributed by atoms with van der Waals surface area (Å²) >= 11 is 5.70. The lowest BCUT2D eigenvalue weighted by molar-refractivity contribution is 0.111. The highest BCUT2D eigenvalue weighted by Crippen LogP contribution is 2.22. The molecule has 1 aromatic rings. The standard InChI is InChI=1S/C10H11ClO/c1-3-10(2,12)8-4-6-9(11)7-5-8/h3-7,12H,1H2,2H3/t10-/m1/s1. The Morgan fingerprint density at radius 3 is 2.33 bits per heavy atom. The van der Waals surface area contributed by atoms with E-state index in [9.17, 15) is 5.11 Å². The summed E-state index contributed by atoms with van der Waals surface area (Å²) in [5.74, 6) is 0. The zero-order chi connectivity index (χ0) is 9.19. The van der Waals surface area contributed by atoms with E-state index in [4.69, 9.17) is 11.6 Å². The third kappa shape index (κ3) is 1.87. The number of hydrogen-bond acceptors (Lipinski definition) is 1. The highest BCUT2D eigenvalue weighted by Gasteiger charge is 2.17. The first kappa shape index (κ1) is 9.30. The molecule has 1 aromatic carbocycles. The van der Waals surface area contributed by atoms with Crippen molar-refractivity contribution in [2.24, 2.45) is 0 Å². The van der Waals surface area contributed by atoms with Crippen molar-refractivity contribution in [3.05, 3.63) is 47.5 Å². The first-order valence-electron chi connectivity index (χ1n) is 3.68. The van der Waals surface area contributed by atoms with E-state index >= 15 is 0 Å². The molecule has 0 aliphatic heterocycles. The normalized spacial score (nSPS) is 15.2. The molecule has 0 amide bonds. The van der Waals surface area contributed by atoms with E-state index in [2.05, 4.69) is 6.58 Å². The molecule has 1 atom stereocenters. The van der Waals surface area contributed by atoms with Crippen molar-refractivity contribution in [3.63, 3.8) is 0 Å². The molecule has 0 aliphatic carbocycles. The Kier molecular flexibility index (Phi) is 2.55. The summed E-state index contributed by atoms with van der Waals surface area (Å²) in [6, 6.07) is 7.05. The van der Waals surface area contributed by atoms with Crippen LogP contribution in [0.25, 0.3) is 0 Å². The van der Waals surface area contributed by atoms with Gasteiger partial charge in [-0.05, 0) is 24.6 Å². The third-order valence-electron chi connectivity index (χ3n) is 1.83. The molecule has 1 rings (SSSR count). The van der Waals surface area contributed by atoms with Crippen LogP contribution in [-0.2, 0) is 5.60 Å². The lowest BCUT2D eigenvalue weighted by Crippen LogP contribution is -2.16. The van der Waals surface area contributed by atoms with Crippen LogP contribution in [0.4, 0.5) is 0 Å². The van der Waals surface area contributed by atoms with Crippen LogP contribution in [0.15, 0.2) is 36.9 Å². The van der Waals surface area contributed by atoms with Crippen molar-refractivity contribution in [2.75, 3.05) is 0 Å². The molecule has 2 heteroatoms. The number of rotatable bonds is 2. The van der Waals surface area contributed by atoms with Crippen LogP contribution in [0.2, 0.25) is 5.02 Å². The van der Waals surface area contributed by atoms with E-state index < -0.39 is 5.60 Å². The van der Waals surface area contributed by atoms with E-state index in [1.54, 1.807) is 31.2 Å². The summed E-state index contributed by atoms with van der Waals surface area (Å²) < 4.78 is 0. The third-order valence-corrected chi connectivity index (χ3v) is 2.08. The molecular weight excluding hydrogens is 172 g/mol. The number of hydrogen-bond donors (Lipinski definition) is 1. The summed E-state index contributed by atoms with van der Waals surface area (Å²) in [4.78, 5) is 0. The van der Waals surface area contributed by atoms with E-state index in [1.165, 1.54) is 6.08 Å². The largest absolute Gasteiger partial charge is 0.381 e. The summed E-state index contributed by atoms with van der Waals surface area (Å²) in [5.41, 5.74) is -0.174. The maximum Gasteiger partial charge on any atom is 0.105 e. The number of halogens is 1. The van der Waals surface area contributed by atoms with Crippen LogP contribution >= 0.6 is 11.6 Å². The Bertz CT molecular complexity index is 274. The first-order valence-corrected chi connectivity index (χ1v) is 4.06. The second-order valence-corrected chi connectivity index (χ2v) is 3.29. The molecule has 1 nitrogen and oxygen atoms in total. The highest BCUT2D eigenvalue weighted by molar-refractivity contribution is 6.30. The minimum Gasteiger partial charge on any atom is -0.381 e. The summed E-state index contributed by atoms with van der Waals surface area (Å²) in [6.07, 6.45) is 1.50. The predicted molar refractivity (Wildman–Crippen MR) is 51.2 cm³/mol. The van der Waals surface area contributed by atoms with Crippen LogP contribution in [0, 0.1) is 0 Å². The average Bonchev–Trinajstić information content (AvgIpc) is 2.05. The highest BCUT2D eigenvalue weighted by atomic mass is 35.5. The van der Waals surface area contributed by atoms with Gasteiger partial charge in [0.05, 0.1) is 0 Å². The molecule has 0 fully saturated rings. The van der Waals surface area contributed by atoms with Gasteiger partial charge >= 0.3 is 0 Å². The molecule has 0 bridgehead atoms. The smallest absolute Gasteiger partial charge is 0.105 e. The lowest BCUT2D eigenvalue weighted by Gasteiger charge is -2.18. The van der Waals surface area contributed by atoms with Crippen molar-refractivity contribution in [1.29, 1.82) is 0 Å². The fourth-order valence-electron chi connectivity index (χ4n) is 0.905. The van der Waals surface area contributed by atoms with Crippen molar-refractivity contribution >= 4 is 11.6 Å². The molecule has 0 unspecified atom stereocenters. The monoisotopic (exact) mass is 182 g/mol. The number of aliphatic hydroxyl groups is 1. The lowest BCUT2D eigenvalue weighted by atomic mass is 9.97. The van der Waals surface area contributed by atoms with E-state index in [0.717, 1.165) is 5.56 Å². The predicted octanol–water partition coefficient (Wildman–Crippen LogP) is 2.73. The Morgan fingerprint density at radius 1 is 1.42 bits per heavy atom. The van der Waals surface area contributed by atoms with E-state index in [1.807, 2.05) is 0 Å². The van der Waals surface area contributed by atoms with Crippen molar-refractivity contribution < 1.29 is 5.11 Å². The molecule has 1 N–H and O–H groups in total. The molecule has 0 spiro atoms. The van der Waals surface area contributed by atoms with Gasteiger partial charge in [-0.3, -0.25) is 0 Å². The van der Waals surface area contributed by atoms with Gasteiger partial charge in [0.25, 0.3) is 0 Å². The maximum absolute atomic E-state index is 9.72. The van der Waals surface area contributed by atoms with Crippen molar-refractivity contribution in [1.82, 2.24) is 0 Å². The summed E-state index contributed by atoms with van der Waals surface area (Å²) in [5, 5.41) is 10.4. The Morgan fingerprint density at radius 2 is 1.92 bits per heavy atom. The van der Waals surface area contributed by atoms with Crippen LogP contribution in [0.5, 0.6) is 0 Å². The Labute approximate surface area is 77.3 Å². The van der Waals surface area contributed by atoms with Gasteiger partial charge in [-0.1, -0.05) is 36.4 Å². The molecule has 12 heavy (non-hydrogen) atoms. The minimum absolute atomic E-state index is 0.665. The molecule has 0 radical (unpaired) electrons. The first-order chi connectivity index (χ1) is 5.56. The zero-order valence-electron chi connectivity index (χ0n) is 6.92. The molecule has 0 aliphatic rings. The van der Waals surface area contributed by atoms with Crippen LogP contribution in [0.3, 0.4) is 0 Å². The molecular formula is C10H11ClO. The van der Waals surface area contributed by atoms with Crippen molar-refractivity contribution in [2.45, 2.75) is 12.5 Å². The minimum atomic E-state index is -0.968. The quantitative estimate of drug-likeness (QED) is 0.698. The van der Waals surface area contributed by atoms with Gasteiger partial charge in [-0.15, -0.1) is 0 Å². The van der Waals surface area contributed by atoms with Gasteiger partial charge in [0, 0.05) is 5.02 Å². The van der Waals surface area contributed by atoms with Gasteiger partial charge < -0.3 is 5.11 Å². The van der Waals surface area contributed by atoms with Crippen LogP contribution in [0.1, 0.15) is 12.5 Å². The summed E-state index contributed by atoms with van der Waals surface area (Å²) in [7, 11) is 0. The fourth-order valence-corrected chi connectivity index (χ4v) is 1.03. The topological polar surface area (TPSA) is 20.2 Å². The summed E-state index contributed by atoms with van der Waals surface area (Å²) in [6.45, 7) is 5.23. The van der Waals surface area contributed by atoms with Crippen molar-refractivity contribution in [3.8, 4) is 0 Å². The van der Waals surface area contributed by atoms with Crippen LogP contribution < -0.4 is 0 Å². The van der Waals surface area contributed by atoms with Gasteiger partial charge in [-0.2, -0.15) is 0 Å². The van der Waals surface area contributed by atoms with Crippen LogP contribution in [-0.4, -0.2) is 5.11 Å². The molecule has 0 heterocycles. The van der Waals surface area contributed by atoms with E-state index in [0.29, 0.717) is 5.02 Å². The van der Waals surface area contributed by atoms with E-state index in [-0.39, 0.29) is 0 Å². The molecule has 0 saturated carbocycles. The zero-order valence-corrected chi connectivity index (χ0v) is 7.67. The SMILES string of the molecule is C=C[C@@](C)(O)c1ccc(Cl)cc1. The van der Waals surface area contributed by atoms with Gasteiger partial charge in [0.1, 0.15) is 5.60 Å². The Balaban J connectivity index is 3.04.